The summed E-state index contributed by atoms with van der Waals surface area (Å²) >= 11 is 0. The van der Waals surface area contributed by atoms with Crippen molar-refractivity contribution in [2.45, 2.75) is 25.0 Å². The summed E-state index contributed by atoms with van der Waals surface area (Å²) in [6.45, 7) is 0.794. The maximum Gasteiger partial charge on any atom is 0.291 e. The van der Waals surface area contributed by atoms with E-state index in [2.05, 4.69) is 0 Å². The molecule has 1 saturated heterocycles. The number of ether oxygens (including phenoxy) is 1. The van der Waals surface area contributed by atoms with E-state index in [1.807, 2.05) is 0 Å². The fourth-order valence-electron chi connectivity index (χ4n) is 4.34. The van der Waals surface area contributed by atoms with Crippen LogP contribution >= 0.6 is 0 Å². The zero-order chi connectivity index (χ0) is 21.7. The highest BCUT2D eigenvalue weighted by atomic mass is 19.1. The Bertz CT molecular complexity index is 1280. The molecule has 1 fully saturated rings. The Kier molecular flexibility index (Phi) is 4.55. The second-order valence-corrected chi connectivity index (χ2v) is 7.66. The molecule has 9 heteroatoms. The average Bonchev–Trinajstić information content (AvgIpc) is 3.36. The molecule has 3 aromatic rings. The Morgan fingerprint density at radius 1 is 1.19 bits per heavy atom. The maximum atomic E-state index is 13.8. The van der Waals surface area contributed by atoms with Crippen LogP contribution in [0, 0.1) is 15.9 Å². The van der Waals surface area contributed by atoms with Crippen molar-refractivity contribution in [3.05, 3.63) is 85.5 Å². The number of nitro groups is 1. The molecule has 2 atom stereocenters. The van der Waals surface area contributed by atoms with Crippen molar-refractivity contribution in [1.29, 1.82) is 0 Å². The third-order valence-electron chi connectivity index (χ3n) is 5.75. The van der Waals surface area contributed by atoms with E-state index in [4.69, 9.17) is 9.15 Å². The van der Waals surface area contributed by atoms with E-state index in [-0.39, 0.29) is 40.6 Å². The minimum atomic E-state index is -0.893. The number of benzene rings is 2. The first-order chi connectivity index (χ1) is 14.9. The van der Waals surface area contributed by atoms with E-state index in [9.17, 15) is 24.1 Å². The average molecular weight is 424 g/mol. The van der Waals surface area contributed by atoms with Crippen LogP contribution in [0.25, 0.3) is 11.0 Å². The highest BCUT2D eigenvalue weighted by Gasteiger charge is 2.44. The predicted octanol–water partition coefficient (Wildman–Crippen LogP) is 3.56. The number of hydrogen-bond acceptors (Lipinski definition) is 6. The lowest BCUT2D eigenvalue weighted by atomic mass is 9.98. The molecule has 2 aliphatic rings. The molecule has 1 aromatic heterocycles. The lowest BCUT2D eigenvalue weighted by Crippen LogP contribution is -2.36. The number of amides is 1. The van der Waals surface area contributed by atoms with Crippen LogP contribution in [-0.2, 0) is 4.74 Å². The number of fused-ring (bicyclic) bond motifs is 2. The van der Waals surface area contributed by atoms with E-state index in [0.29, 0.717) is 12.2 Å². The van der Waals surface area contributed by atoms with E-state index in [1.54, 1.807) is 6.07 Å². The molecule has 0 radical (unpaired) electrons. The van der Waals surface area contributed by atoms with Gasteiger partial charge in [0.15, 0.2) is 5.43 Å². The number of rotatable bonds is 4. The fourth-order valence-corrected chi connectivity index (χ4v) is 4.34. The number of hydrogen-bond donors (Lipinski definition) is 0. The second kappa shape index (κ2) is 7.28. The van der Waals surface area contributed by atoms with Gasteiger partial charge in [-0.15, -0.1) is 0 Å². The molecule has 0 bridgehead atoms. The summed E-state index contributed by atoms with van der Waals surface area (Å²) in [6.07, 6.45) is 1.42. The largest absolute Gasteiger partial charge is 0.450 e. The summed E-state index contributed by atoms with van der Waals surface area (Å²) in [6, 6.07) is 8.44. The first kappa shape index (κ1) is 19.4. The zero-order valence-electron chi connectivity index (χ0n) is 16.2. The van der Waals surface area contributed by atoms with Crippen LogP contribution in [-0.4, -0.2) is 35.0 Å². The monoisotopic (exact) mass is 424 g/mol. The lowest BCUT2D eigenvalue weighted by Gasteiger charge is -2.27. The Morgan fingerprint density at radius 3 is 2.77 bits per heavy atom. The number of non-ortho nitro benzene ring substituents is 1. The van der Waals surface area contributed by atoms with Crippen molar-refractivity contribution in [2.24, 2.45) is 0 Å². The maximum absolute atomic E-state index is 13.8. The van der Waals surface area contributed by atoms with Gasteiger partial charge in [-0.25, -0.2) is 4.39 Å². The molecule has 0 aliphatic carbocycles. The quantitative estimate of drug-likeness (QED) is 0.469. The van der Waals surface area contributed by atoms with Gasteiger partial charge in [0.2, 0.25) is 5.76 Å². The molecule has 0 N–H and O–H groups in total. The van der Waals surface area contributed by atoms with Gasteiger partial charge in [0.1, 0.15) is 11.4 Å². The summed E-state index contributed by atoms with van der Waals surface area (Å²) in [5.74, 6) is -1.23. The van der Waals surface area contributed by atoms with Crippen molar-refractivity contribution in [1.82, 2.24) is 4.90 Å². The number of nitrogens with zero attached hydrogens (tertiary/aromatic N) is 2. The summed E-state index contributed by atoms with van der Waals surface area (Å²) in [4.78, 5) is 38.8. The first-order valence-corrected chi connectivity index (χ1v) is 9.87. The first-order valence-electron chi connectivity index (χ1n) is 9.87. The van der Waals surface area contributed by atoms with Crippen molar-refractivity contribution in [3.8, 4) is 0 Å². The number of carbonyl (C=O) groups excluding carboxylic acids is 1. The summed E-state index contributed by atoms with van der Waals surface area (Å²) in [5, 5.41) is 11.3. The molecule has 1 amide bonds. The van der Waals surface area contributed by atoms with Crippen molar-refractivity contribution >= 4 is 22.6 Å². The van der Waals surface area contributed by atoms with Gasteiger partial charge < -0.3 is 14.1 Å². The molecule has 2 aromatic carbocycles. The van der Waals surface area contributed by atoms with Gasteiger partial charge in [0, 0.05) is 25.3 Å². The summed E-state index contributed by atoms with van der Waals surface area (Å²) in [7, 11) is 0. The fraction of sp³-hybridized carbons (Fsp3) is 0.273. The van der Waals surface area contributed by atoms with Gasteiger partial charge in [-0.05, 0) is 36.6 Å². The standard InChI is InChI=1S/C22H17FN2O6/c23-13-6-7-17-16(10-13)20(26)18-19(12-3-1-4-14(9-12)25(28)29)24(22(27)21(18)31-17)11-15-5-2-8-30-15/h1,3-4,6-7,9-10,15,19H,2,5,8,11H2/t15-,19-/m0/s1. The Balaban J connectivity index is 1.72. The van der Waals surface area contributed by atoms with E-state index in [0.717, 1.165) is 25.0 Å². The minimum Gasteiger partial charge on any atom is -0.450 e. The van der Waals surface area contributed by atoms with Gasteiger partial charge in [0.05, 0.1) is 28.0 Å². The number of nitro benzene ring substituents is 1. The normalized spacial score (nSPS) is 20.4. The molecule has 8 nitrogen and oxygen atoms in total. The lowest BCUT2D eigenvalue weighted by molar-refractivity contribution is -0.384. The predicted molar refractivity (Wildman–Crippen MR) is 107 cm³/mol. The van der Waals surface area contributed by atoms with Gasteiger partial charge in [-0.1, -0.05) is 12.1 Å². The van der Waals surface area contributed by atoms with Crippen LogP contribution in [0.1, 0.15) is 40.6 Å². The molecular formula is C22H17FN2O6. The van der Waals surface area contributed by atoms with Gasteiger partial charge in [-0.2, -0.15) is 0 Å². The molecule has 0 saturated carbocycles. The SMILES string of the molecule is O=C1c2oc3ccc(F)cc3c(=O)c2[C@H](c2cccc([N+](=O)[O-])c2)N1C[C@@H]1CCCO1. The number of halogens is 1. The van der Waals surface area contributed by atoms with Gasteiger partial charge in [0.25, 0.3) is 11.6 Å². The molecule has 158 valence electrons. The van der Waals surface area contributed by atoms with Crippen LogP contribution in [0.15, 0.2) is 51.7 Å². The van der Waals surface area contributed by atoms with Crippen molar-refractivity contribution < 1.29 is 23.3 Å². The van der Waals surface area contributed by atoms with Crippen molar-refractivity contribution in [2.75, 3.05) is 13.2 Å². The van der Waals surface area contributed by atoms with E-state index in [1.165, 1.54) is 29.2 Å². The Labute approximate surface area is 175 Å². The molecule has 31 heavy (non-hydrogen) atoms. The van der Waals surface area contributed by atoms with Gasteiger partial charge in [-0.3, -0.25) is 19.7 Å². The number of carbonyl (C=O) groups is 1. The second-order valence-electron chi connectivity index (χ2n) is 7.66. The minimum absolute atomic E-state index is 0.0148. The molecule has 5 rings (SSSR count). The molecule has 3 heterocycles. The van der Waals surface area contributed by atoms with E-state index < -0.39 is 28.1 Å². The Morgan fingerprint density at radius 2 is 2.03 bits per heavy atom. The highest BCUT2D eigenvalue weighted by molar-refractivity contribution is 5.99. The van der Waals surface area contributed by atoms with Gasteiger partial charge >= 0.3 is 0 Å². The van der Waals surface area contributed by atoms with Crippen LogP contribution in [0.2, 0.25) is 0 Å². The summed E-state index contributed by atoms with van der Waals surface area (Å²) in [5.41, 5.74) is -0.124. The topological polar surface area (TPSA) is 103 Å². The van der Waals surface area contributed by atoms with Crippen LogP contribution in [0.4, 0.5) is 10.1 Å². The highest BCUT2D eigenvalue weighted by Crippen LogP contribution is 2.39. The molecule has 0 unspecified atom stereocenters. The molecule has 0 spiro atoms. The van der Waals surface area contributed by atoms with Crippen LogP contribution in [0.3, 0.4) is 0 Å². The third-order valence-corrected chi connectivity index (χ3v) is 5.75. The van der Waals surface area contributed by atoms with E-state index >= 15 is 0 Å². The molecular weight excluding hydrogens is 407 g/mol. The van der Waals surface area contributed by atoms with Crippen LogP contribution < -0.4 is 5.43 Å². The van der Waals surface area contributed by atoms with Crippen molar-refractivity contribution in [3.63, 3.8) is 0 Å². The zero-order valence-corrected chi connectivity index (χ0v) is 16.2. The summed E-state index contributed by atoms with van der Waals surface area (Å²) < 4.78 is 25.2. The Hall–Kier alpha value is -3.59. The third kappa shape index (κ3) is 3.17. The smallest absolute Gasteiger partial charge is 0.291 e. The molecule has 2 aliphatic heterocycles. The van der Waals surface area contributed by atoms with Crippen LogP contribution in [0.5, 0.6) is 0 Å².